The number of ether oxygens (including phenoxy) is 2. The number of carbonyl (C=O) groups is 3. The number of phenols is 1. The molecule has 5 rings (SSSR count). The van der Waals surface area contributed by atoms with E-state index in [4.69, 9.17) is 24.5 Å². The number of aromatic hydroxyl groups is 1. The topological polar surface area (TPSA) is 174 Å². The number of rotatable bonds is 4. The van der Waals surface area contributed by atoms with Gasteiger partial charge in [0.25, 0.3) is 0 Å². The summed E-state index contributed by atoms with van der Waals surface area (Å²) < 4.78 is 43.3. The Balaban J connectivity index is 0.000000405. The van der Waals surface area contributed by atoms with Gasteiger partial charge < -0.3 is 39.9 Å². The fraction of sp³-hybridized carbons (Fsp3) is 0.522. The molecule has 4 aliphatic rings. The lowest BCUT2D eigenvalue weighted by atomic mass is 9.50. The number of alkyl halides is 3. The second kappa shape index (κ2) is 8.89. The molecule has 1 saturated heterocycles. The molecule has 37 heavy (non-hydrogen) atoms. The highest BCUT2D eigenvalue weighted by Crippen LogP contribution is 2.65. The molecule has 0 amide bonds. The predicted molar refractivity (Wildman–Crippen MR) is 115 cm³/mol. The van der Waals surface area contributed by atoms with Crippen LogP contribution >= 0.6 is 0 Å². The van der Waals surface area contributed by atoms with E-state index in [1.807, 2.05) is 13.1 Å². The molecule has 2 aliphatic carbocycles. The average molecular weight is 531 g/mol. The molecule has 1 unspecified atom stereocenters. The summed E-state index contributed by atoms with van der Waals surface area (Å²) >= 11 is 0. The van der Waals surface area contributed by atoms with Gasteiger partial charge in [0.05, 0.1) is 17.4 Å². The Morgan fingerprint density at radius 1 is 1.27 bits per heavy atom. The summed E-state index contributed by atoms with van der Waals surface area (Å²) in [6.45, 7) is 0.695. The highest BCUT2D eigenvalue weighted by atomic mass is 19.4. The van der Waals surface area contributed by atoms with Crippen LogP contribution in [0, 0.1) is 0 Å². The zero-order valence-electron chi connectivity index (χ0n) is 19.4. The fourth-order valence-electron chi connectivity index (χ4n) is 5.86. The van der Waals surface area contributed by atoms with Crippen LogP contribution < -0.4 is 4.74 Å². The van der Waals surface area contributed by atoms with Crippen LogP contribution in [0.2, 0.25) is 0 Å². The first-order chi connectivity index (χ1) is 17.1. The predicted octanol–water partition coefficient (Wildman–Crippen LogP) is 0.682. The van der Waals surface area contributed by atoms with Crippen molar-refractivity contribution in [1.82, 2.24) is 4.90 Å². The highest BCUT2D eigenvalue weighted by molar-refractivity contribution is 5.81. The number of likely N-dealkylation sites (N-methyl/N-ethyl adjacent to an activating group) is 1. The number of hydrogen-bond acceptors (Lipinski definition) is 9. The van der Waals surface area contributed by atoms with Crippen LogP contribution in [-0.2, 0) is 31.0 Å². The van der Waals surface area contributed by atoms with Crippen LogP contribution in [-0.4, -0.2) is 92.0 Å². The van der Waals surface area contributed by atoms with Crippen molar-refractivity contribution < 1.29 is 62.6 Å². The van der Waals surface area contributed by atoms with Crippen LogP contribution in [0.3, 0.4) is 0 Å². The summed E-state index contributed by atoms with van der Waals surface area (Å²) in [6.07, 6.45) is -5.50. The molecular weight excluding hydrogens is 507 g/mol. The number of phenolic OH excluding ortho intramolecular Hbond substituents is 1. The van der Waals surface area contributed by atoms with Gasteiger partial charge in [-0.05, 0) is 44.1 Å². The largest absolute Gasteiger partial charge is 0.504 e. The Bertz CT molecular complexity index is 1180. The maximum atomic E-state index is 12.3. The van der Waals surface area contributed by atoms with E-state index in [0.29, 0.717) is 25.1 Å². The number of halogens is 3. The first-order valence-corrected chi connectivity index (χ1v) is 11.2. The van der Waals surface area contributed by atoms with Crippen LogP contribution in [0.5, 0.6) is 11.5 Å². The van der Waals surface area contributed by atoms with Crippen molar-refractivity contribution in [1.29, 1.82) is 0 Å². The van der Waals surface area contributed by atoms with Crippen LogP contribution in [0.15, 0.2) is 24.0 Å². The summed E-state index contributed by atoms with van der Waals surface area (Å²) in [5, 5.41) is 47.8. The molecular formula is C23H24F3NO10. The summed E-state index contributed by atoms with van der Waals surface area (Å²) in [5.74, 6) is -4.73. The number of likely N-dealkylation sites (tertiary alicyclic amines) is 1. The minimum Gasteiger partial charge on any atom is -0.504 e. The number of carbonyl (C=O) groups excluding carboxylic acids is 1. The zero-order chi connectivity index (χ0) is 27.5. The third kappa shape index (κ3) is 4.08. The summed E-state index contributed by atoms with van der Waals surface area (Å²) in [5.41, 5.74) is -0.304. The normalized spacial score (nSPS) is 30.1. The lowest BCUT2D eigenvalue weighted by Crippen LogP contribution is -2.74. The Morgan fingerprint density at radius 2 is 1.92 bits per heavy atom. The lowest BCUT2D eigenvalue weighted by molar-refractivity contribution is -0.192. The number of benzene rings is 1. The van der Waals surface area contributed by atoms with Crippen molar-refractivity contribution in [3.8, 4) is 11.5 Å². The van der Waals surface area contributed by atoms with Crippen LogP contribution in [0.4, 0.5) is 13.2 Å². The first-order valence-electron chi connectivity index (χ1n) is 11.2. The molecule has 11 nitrogen and oxygen atoms in total. The summed E-state index contributed by atoms with van der Waals surface area (Å²) in [6, 6.07) is 3.25. The summed E-state index contributed by atoms with van der Waals surface area (Å²) in [4.78, 5) is 34.1. The average Bonchev–Trinajstić information content (AvgIpc) is 3.15. The van der Waals surface area contributed by atoms with E-state index < -0.39 is 53.7 Å². The SMILES string of the molecule is CN1CC[C@]23c4c5ccc(O)c4O[C@H]2C(OC(=O)CC(O)C(=O)O)=CC[C@@]3(O)[C@H]1C5.O=C(O)C(F)(F)F. The molecule has 0 radical (unpaired) electrons. The van der Waals surface area contributed by atoms with Crippen molar-refractivity contribution in [2.24, 2.45) is 0 Å². The molecule has 1 aromatic carbocycles. The number of aliphatic carboxylic acids is 2. The minimum atomic E-state index is -5.08. The molecule has 2 heterocycles. The maximum absolute atomic E-state index is 12.3. The van der Waals surface area contributed by atoms with Crippen molar-refractivity contribution in [3.63, 3.8) is 0 Å². The van der Waals surface area contributed by atoms with Gasteiger partial charge in [0, 0.05) is 18.0 Å². The van der Waals surface area contributed by atoms with Gasteiger partial charge in [-0.2, -0.15) is 13.2 Å². The van der Waals surface area contributed by atoms with Gasteiger partial charge in [-0.25, -0.2) is 9.59 Å². The van der Waals surface area contributed by atoms with Gasteiger partial charge in [0.2, 0.25) is 0 Å². The molecule has 1 fully saturated rings. The van der Waals surface area contributed by atoms with E-state index in [1.54, 1.807) is 12.1 Å². The molecule has 1 aromatic rings. The van der Waals surface area contributed by atoms with E-state index in [9.17, 15) is 38.1 Å². The van der Waals surface area contributed by atoms with Gasteiger partial charge in [-0.3, -0.25) is 4.79 Å². The van der Waals surface area contributed by atoms with Crippen molar-refractivity contribution in [2.45, 2.75) is 61.1 Å². The smallest absolute Gasteiger partial charge is 0.490 e. The van der Waals surface area contributed by atoms with Gasteiger partial charge in [-0.1, -0.05) is 6.07 Å². The Kier molecular flexibility index (Phi) is 6.41. The van der Waals surface area contributed by atoms with Crippen LogP contribution in [0.1, 0.15) is 30.4 Å². The van der Waals surface area contributed by atoms with Crippen molar-refractivity contribution >= 4 is 17.9 Å². The summed E-state index contributed by atoms with van der Waals surface area (Å²) in [7, 11) is 1.97. The van der Waals surface area contributed by atoms with Crippen molar-refractivity contribution in [2.75, 3.05) is 13.6 Å². The second-order valence-corrected chi connectivity index (χ2v) is 9.44. The first kappa shape index (κ1) is 26.7. The van der Waals surface area contributed by atoms with E-state index in [1.165, 1.54) is 0 Å². The van der Waals surface area contributed by atoms with E-state index >= 15 is 0 Å². The van der Waals surface area contributed by atoms with Crippen molar-refractivity contribution in [3.05, 3.63) is 35.1 Å². The van der Waals surface area contributed by atoms with E-state index in [-0.39, 0.29) is 24.0 Å². The Hall–Kier alpha value is -3.36. The molecule has 202 valence electrons. The van der Waals surface area contributed by atoms with E-state index in [2.05, 4.69) is 4.90 Å². The van der Waals surface area contributed by atoms with Gasteiger partial charge >= 0.3 is 24.1 Å². The van der Waals surface area contributed by atoms with E-state index in [0.717, 1.165) is 11.1 Å². The van der Waals surface area contributed by atoms with Gasteiger partial charge in [0.15, 0.2) is 23.7 Å². The fourth-order valence-corrected chi connectivity index (χ4v) is 5.86. The third-order valence-electron chi connectivity index (χ3n) is 7.47. The highest BCUT2D eigenvalue weighted by Gasteiger charge is 2.72. The quantitative estimate of drug-likeness (QED) is 0.346. The molecule has 5 atom stereocenters. The standard InChI is InChI=1S/C21H23NO8.C2HF3O2/c1-22-7-6-20-16-10-2-3-11(23)17(16)30-18(20)13(4-5-21(20,28)14(22)8-10)29-15(25)9-12(24)19(26)27;3-2(4,5)1(6)7/h2-4,12,14,18,23-24,28H,5-9H2,1H3,(H,26,27);(H,6,7)/t12?,14-,18+,20+,21-;/m1./s1. The van der Waals surface area contributed by atoms with Gasteiger partial charge in [0.1, 0.15) is 5.76 Å². The molecule has 1 spiro atoms. The number of nitrogens with zero attached hydrogens (tertiary/aromatic N) is 1. The number of carboxylic acid groups (broad SMARTS) is 2. The lowest BCUT2D eigenvalue weighted by Gasteiger charge is -2.61. The maximum Gasteiger partial charge on any atom is 0.490 e. The van der Waals surface area contributed by atoms with Crippen LogP contribution in [0.25, 0.3) is 0 Å². The Morgan fingerprint density at radius 3 is 2.51 bits per heavy atom. The molecule has 0 aromatic heterocycles. The molecule has 14 heteroatoms. The second-order valence-electron chi connectivity index (χ2n) is 9.44. The zero-order valence-corrected chi connectivity index (χ0v) is 19.4. The minimum absolute atomic E-state index is 0.0378. The number of aliphatic hydroxyl groups is 2. The molecule has 2 bridgehead atoms. The molecule has 5 N–H and O–H groups in total. The molecule has 0 saturated carbocycles. The number of esters is 1. The van der Waals surface area contributed by atoms with Gasteiger partial charge in [-0.15, -0.1) is 0 Å². The third-order valence-corrected chi connectivity index (χ3v) is 7.47. The molecule has 2 aliphatic heterocycles. The number of carboxylic acids is 2. The Labute approximate surface area is 207 Å². The monoisotopic (exact) mass is 531 g/mol. The number of aliphatic hydroxyl groups excluding tert-OH is 1. The number of piperidine rings is 1. The number of hydrogen-bond donors (Lipinski definition) is 5.